The number of anilines is 1. The number of carbonyl (C=O) groups is 2. The monoisotopic (exact) mass is 399 g/mol. The maximum absolute atomic E-state index is 12.2. The fourth-order valence-electron chi connectivity index (χ4n) is 4.58. The largest absolute Gasteiger partial charge is 0.480 e. The van der Waals surface area contributed by atoms with E-state index in [1.807, 2.05) is 35.7 Å². The van der Waals surface area contributed by atoms with Crippen LogP contribution >= 0.6 is 11.3 Å². The Morgan fingerprint density at radius 3 is 2.79 bits per heavy atom. The first-order valence-corrected chi connectivity index (χ1v) is 10.7. The lowest BCUT2D eigenvalue weighted by Crippen LogP contribution is -2.41. The molecule has 7 heteroatoms. The number of thiazole rings is 1. The van der Waals surface area contributed by atoms with Gasteiger partial charge in [-0.15, -0.1) is 11.3 Å². The van der Waals surface area contributed by atoms with Gasteiger partial charge >= 0.3 is 5.97 Å². The molecule has 1 aromatic carbocycles. The second kappa shape index (κ2) is 8.41. The van der Waals surface area contributed by atoms with Gasteiger partial charge in [0.05, 0.1) is 12.1 Å². The van der Waals surface area contributed by atoms with Crippen molar-refractivity contribution in [1.29, 1.82) is 0 Å². The number of hydrogen-bond donors (Lipinski definition) is 2. The number of nitrogens with zero attached hydrogens (tertiary/aromatic N) is 2. The van der Waals surface area contributed by atoms with Crippen molar-refractivity contribution < 1.29 is 14.7 Å². The number of para-hydroxylation sites is 1. The number of carboxylic acid groups (broad SMARTS) is 1. The molecule has 1 aromatic heterocycles. The Labute approximate surface area is 168 Å². The molecule has 2 fully saturated rings. The van der Waals surface area contributed by atoms with E-state index in [4.69, 9.17) is 0 Å². The van der Waals surface area contributed by atoms with E-state index in [9.17, 15) is 14.7 Å². The third kappa shape index (κ3) is 4.25. The van der Waals surface area contributed by atoms with Crippen LogP contribution in [0, 0.1) is 5.92 Å². The third-order valence-corrected chi connectivity index (χ3v) is 6.72. The molecule has 1 aliphatic heterocycles. The quantitative estimate of drug-likeness (QED) is 0.776. The normalized spacial score (nSPS) is 24.6. The van der Waals surface area contributed by atoms with E-state index in [0.29, 0.717) is 18.5 Å². The van der Waals surface area contributed by atoms with Crippen molar-refractivity contribution in [2.75, 3.05) is 5.32 Å². The first-order valence-electron chi connectivity index (χ1n) is 9.87. The number of likely N-dealkylation sites (tertiary alicyclic amines) is 1. The highest BCUT2D eigenvalue weighted by atomic mass is 32.1. The molecule has 3 unspecified atom stereocenters. The van der Waals surface area contributed by atoms with Gasteiger partial charge in [-0.25, -0.2) is 4.98 Å². The summed E-state index contributed by atoms with van der Waals surface area (Å²) in [5, 5.41) is 15.2. The number of fused-ring (bicyclic) bond motifs is 1. The minimum atomic E-state index is -0.730. The van der Waals surface area contributed by atoms with Gasteiger partial charge in [-0.05, 0) is 37.3 Å². The van der Waals surface area contributed by atoms with Gasteiger partial charge in [0.25, 0.3) is 0 Å². The second-order valence-corrected chi connectivity index (χ2v) is 8.64. The van der Waals surface area contributed by atoms with E-state index >= 15 is 0 Å². The topological polar surface area (TPSA) is 82.5 Å². The van der Waals surface area contributed by atoms with Crippen molar-refractivity contribution in [3.8, 4) is 0 Å². The lowest BCUT2D eigenvalue weighted by Gasteiger charge is -2.32. The summed E-state index contributed by atoms with van der Waals surface area (Å²) in [6.45, 7) is 0.551. The summed E-state index contributed by atoms with van der Waals surface area (Å²) >= 11 is 1.46. The summed E-state index contributed by atoms with van der Waals surface area (Å²) < 4.78 is 0. The summed E-state index contributed by atoms with van der Waals surface area (Å²) in [6.07, 6.45) is 5.56. The Morgan fingerprint density at radius 2 is 2.00 bits per heavy atom. The molecule has 0 radical (unpaired) electrons. The zero-order chi connectivity index (χ0) is 19.5. The summed E-state index contributed by atoms with van der Waals surface area (Å²) in [5.74, 6) is -0.333. The van der Waals surface area contributed by atoms with Crippen LogP contribution in [0.2, 0.25) is 0 Å². The average Bonchev–Trinajstić information content (AvgIpc) is 3.27. The molecule has 28 heavy (non-hydrogen) atoms. The number of carbonyl (C=O) groups excluding carboxylic acids is 1. The fraction of sp³-hybridized carbons (Fsp3) is 0.476. The highest BCUT2D eigenvalue weighted by Gasteiger charge is 2.45. The van der Waals surface area contributed by atoms with Crippen molar-refractivity contribution >= 4 is 28.9 Å². The Hall–Kier alpha value is -2.25. The molecule has 148 valence electrons. The number of nitrogens with one attached hydrogen (secondary N) is 1. The highest BCUT2D eigenvalue weighted by Crippen LogP contribution is 2.40. The van der Waals surface area contributed by atoms with Crippen LogP contribution in [-0.4, -0.2) is 39.0 Å². The summed E-state index contributed by atoms with van der Waals surface area (Å²) in [4.78, 5) is 30.7. The summed E-state index contributed by atoms with van der Waals surface area (Å²) in [6, 6.07) is 9.30. The molecule has 2 N–H and O–H groups in total. The average molecular weight is 400 g/mol. The van der Waals surface area contributed by atoms with Crippen LogP contribution in [0.5, 0.6) is 0 Å². The minimum absolute atomic E-state index is 0.0935. The smallest absolute Gasteiger partial charge is 0.320 e. The number of aliphatic carboxylic acids is 1. The highest BCUT2D eigenvalue weighted by molar-refractivity contribution is 7.09. The standard InChI is InChI=1S/C21H25N3O3S/c25-19(22-15-7-2-1-3-8-15)11-20-23-16(13-28-20)12-24-17-9-5-4-6-14(17)10-18(24)21(26)27/h1-3,7-8,13-14,17-18H,4-6,9-12H2,(H,22,25)(H,26,27). The van der Waals surface area contributed by atoms with Crippen molar-refractivity contribution in [3.05, 3.63) is 46.4 Å². The Balaban J connectivity index is 1.39. The summed E-state index contributed by atoms with van der Waals surface area (Å²) in [7, 11) is 0. The van der Waals surface area contributed by atoms with Crippen LogP contribution < -0.4 is 5.32 Å². The van der Waals surface area contributed by atoms with Gasteiger partial charge in [-0.2, -0.15) is 0 Å². The fourth-order valence-corrected chi connectivity index (χ4v) is 5.36. The first kappa shape index (κ1) is 19.1. The number of benzene rings is 1. The minimum Gasteiger partial charge on any atom is -0.480 e. The van der Waals surface area contributed by atoms with Crippen LogP contribution in [0.25, 0.3) is 0 Å². The molecular formula is C21H25N3O3S. The van der Waals surface area contributed by atoms with Crippen molar-refractivity contribution in [1.82, 2.24) is 9.88 Å². The Kier molecular flexibility index (Phi) is 5.73. The number of carboxylic acids is 1. The van der Waals surface area contributed by atoms with E-state index in [0.717, 1.165) is 35.7 Å². The molecule has 1 aliphatic carbocycles. The van der Waals surface area contributed by atoms with Crippen LogP contribution in [0.3, 0.4) is 0 Å². The summed E-state index contributed by atoms with van der Waals surface area (Å²) in [5.41, 5.74) is 1.64. The zero-order valence-corrected chi connectivity index (χ0v) is 16.5. The molecule has 3 atom stereocenters. The zero-order valence-electron chi connectivity index (χ0n) is 15.7. The third-order valence-electron chi connectivity index (χ3n) is 5.82. The predicted molar refractivity (Wildman–Crippen MR) is 108 cm³/mol. The first-order chi connectivity index (χ1) is 13.6. The molecule has 2 aliphatic rings. The number of aromatic nitrogens is 1. The predicted octanol–water partition coefficient (Wildman–Crippen LogP) is 3.54. The molecular weight excluding hydrogens is 374 g/mol. The molecule has 1 saturated heterocycles. The van der Waals surface area contributed by atoms with Crippen LogP contribution in [0.4, 0.5) is 5.69 Å². The van der Waals surface area contributed by atoms with Gasteiger partial charge in [0, 0.05) is 23.7 Å². The van der Waals surface area contributed by atoms with Gasteiger partial charge in [-0.3, -0.25) is 14.5 Å². The van der Waals surface area contributed by atoms with E-state index in [-0.39, 0.29) is 12.3 Å². The van der Waals surface area contributed by atoms with Crippen molar-refractivity contribution in [2.24, 2.45) is 5.92 Å². The van der Waals surface area contributed by atoms with Crippen LogP contribution in [0.1, 0.15) is 42.8 Å². The van der Waals surface area contributed by atoms with Crippen LogP contribution in [-0.2, 0) is 22.6 Å². The van der Waals surface area contributed by atoms with E-state index in [2.05, 4.69) is 15.2 Å². The van der Waals surface area contributed by atoms with E-state index < -0.39 is 12.0 Å². The second-order valence-electron chi connectivity index (χ2n) is 7.70. The van der Waals surface area contributed by atoms with Gasteiger partial charge in [0.1, 0.15) is 11.0 Å². The van der Waals surface area contributed by atoms with E-state index in [1.54, 1.807) is 0 Å². The van der Waals surface area contributed by atoms with Gasteiger partial charge < -0.3 is 10.4 Å². The van der Waals surface area contributed by atoms with Crippen molar-refractivity contribution in [2.45, 2.75) is 57.2 Å². The van der Waals surface area contributed by atoms with Crippen molar-refractivity contribution in [3.63, 3.8) is 0 Å². The molecule has 0 spiro atoms. The SMILES string of the molecule is O=C(Cc1nc(CN2C(C(=O)O)CC3CCCCC32)cs1)Nc1ccccc1. The molecule has 6 nitrogen and oxygen atoms in total. The van der Waals surface area contributed by atoms with Gasteiger partial charge in [-0.1, -0.05) is 31.0 Å². The van der Waals surface area contributed by atoms with Crippen LogP contribution in [0.15, 0.2) is 35.7 Å². The lowest BCUT2D eigenvalue weighted by molar-refractivity contribution is -0.143. The Morgan fingerprint density at radius 1 is 1.21 bits per heavy atom. The number of amides is 1. The van der Waals surface area contributed by atoms with Gasteiger partial charge in [0.15, 0.2) is 0 Å². The Bertz CT molecular complexity index is 838. The number of hydrogen-bond acceptors (Lipinski definition) is 5. The molecule has 1 amide bonds. The van der Waals surface area contributed by atoms with E-state index in [1.165, 1.54) is 24.2 Å². The molecule has 2 heterocycles. The lowest BCUT2D eigenvalue weighted by atomic mass is 9.85. The maximum atomic E-state index is 12.2. The molecule has 4 rings (SSSR count). The molecule has 1 saturated carbocycles. The number of rotatable bonds is 6. The van der Waals surface area contributed by atoms with Gasteiger partial charge in [0.2, 0.25) is 5.91 Å². The molecule has 0 bridgehead atoms. The molecule has 2 aromatic rings. The maximum Gasteiger partial charge on any atom is 0.320 e.